The molecule has 0 aliphatic carbocycles. The minimum Gasteiger partial charge on any atom is -0.489 e. The summed E-state index contributed by atoms with van der Waals surface area (Å²) in [5.74, 6) is 1.66. The van der Waals surface area contributed by atoms with Crippen LogP contribution in [0.2, 0.25) is 0 Å². The van der Waals surface area contributed by atoms with Gasteiger partial charge in [-0.1, -0.05) is 82.7 Å². The zero-order chi connectivity index (χ0) is 16.6. The van der Waals surface area contributed by atoms with E-state index >= 15 is 0 Å². The standard InChI is InChI=1S/C21H19BrO2/c22-14-19-11-12-20(23-15-17-7-3-1-4-8-17)13-21(19)24-16-18-9-5-2-6-10-18/h1-13H,14-16H2. The van der Waals surface area contributed by atoms with Crippen LogP contribution < -0.4 is 9.47 Å². The zero-order valence-electron chi connectivity index (χ0n) is 13.3. The number of hydrogen-bond donors (Lipinski definition) is 0. The van der Waals surface area contributed by atoms with Gasteiger partial charge in [-0.15, -0.1) is 0 Å². The van der Waals surface area contributed by atoms with E-state index in [4.69, 9.17) is 9.47 Å². The Kier molecular flexibility index (Phi) is 5.91. The Morgan fingerprint density at radius 3 is 1.83 bits per heavy atom. The van der Waals surface area contributed by atoms with Crippen molar-refractivity contribution in [3.05, 3.63) is 95.6 Å². The fourth-order valence-electron chi connectivity index (χ4n) is 2.35. The molecule has 2 nitrogen and oxygen atoms in total. The van der Waals surface area contributed by atoms with Gasteiger partial charge in [0.15, 0.2) is 0 Å². The first-order valence-corrected chi connectivity index (χ1v) is 8.99. The van der Waals surface area contributed by atoms with Crippen LogP contribution in [0.4, 0.5) is 0 Å². The van der Waals surface area contributed by atoms with Crippen LogP contribution in [-0.2, 0) is 18.5 Å². The van der Waals surface area contributed by atoms with Gasteiger partial charge in [-0.3, -0.25) is 0 Å². The van der Waals surface area contributed by atoms with Crippen LogP contribution in [0.25, 0.3) is 0 Å². The number of ether oxygens (including phenoxy) is 2. The lowest BCUT2D eigenvalue weighted by Gasteiger charge is -2.13. The van der Waals surface area contributed by atoms with Gasteiger partial charge in [0.1, 0.15) is 24.7 Å². The summed E-state index contributed by atoms with van der Waals surface area (Å²) in [4.78, 5) is 0. The van der Waals surface area contributed by atoms with Gasteiger partial charge in [-0.05, 0) is 17.2 Å². The largest absolute Gasteiger partial charge is 0.489 e. The van der Waals surface area contributed by atoms with E-state index in [2.05, 4.69) is 40.2 Å². The molecule has 3 aromatic rings. The van der Waals surface area contributed by atoms with E-state index in [1.165, 1.54) is 0 Å². The van der Waals surface area contributed by atoms with E-state index in [1.807, 2.05) is 54.6 Å². The second kappa shape index (κ2) is 8.55. The van der Waals surface area contributed by atoms with Crippen LogP contribution in [-0.4, -0.2) is 0 Å². The third-order valence-electron chi connectivity index (χ3n) is 3.67. The second-order valence-corrected chi connectivity index (χ2v) is 6.01. The van der Waals surface area contributed by atoms with Gasteiger partial charge in [0.05, 0.1) is 0 Å². The third-order valence-corrected chi connectivity index (χ3v) is 4.27. The lowest BCUT2D eigenvalue weighted by molar-refractivity contribution is 0.288. The zero-order valence-corrected chi connectivity index (χ0v) is 14.9. The summed E-state index contributed by atoms with van der Waals surface area (Å²) < 4.78 is 11.9. The smallest absolute Gasteiger partial charge is 0.127 e. The first-order valence-electron chi connectivity index (χ1n) is 7.87. The van der Waals surface area contributed by atoms with Crippen LogP contribution in [0.5, 0.6) is 11.5 Å². The molecule has 0 spiro atoms. The normalized spacial score (nSPS) is 10.4. The Labute approximate surface area is 151 Å². The van der Waals surface area contributed by atoms with Crippen molar-refractivity contribution < 1.29 is 9.47 Å². The maximum absolute atomic E-state index is 6.00. The third kappa shape index (κ3) is 4.62. The summed E-state index contributed by atoms with van der Waals surface area (Å²) in [5.41, 5.74) is 3.40. The second-order valence-electron chi connectivity index (χ2n) is 5.45. The molecule has 0 saturated heterocycles. The highest BCUT2D eigenvalue weighted by Crippen LogP contribution is 2.28. The van der Waals surface area contributed by atoms with E-state index in [0.29, 0.717) is 13.2 Å². The van der Waals surface area contributed by atoms with Crippen LogP contribution in [0.3, 0.4) is 0 Å². The molecule has 3 heteroatoms. The Balaban J connectivity index is 1.68. The van der Waals surface area contributed by atoms with Gasteiger partial charge in [-0.25, -0.2) is 0 Å². The average molecular weight is 383 g/mol. The Bertz CT molecular complexity index is 757. The minimum atomic E-state index is 0.545. The maximum atomic E-state index is 6.00. The first-order chi connectivity index (χ1) is 11.8. The highest BCUT2D eigenvalue weighted by Gasteiger charge is 2.06. The predicted molar refractivity (Wildman–Crippen MR) is 101 cm³/mol. The molecule has 122 valence electrons. The molecular formula is C21H19BrO2. The van der Waals surface area contributed by atoms with Crippen molar-refractivity contribution in [1.82, 2.24) is 0 Å². The fourth-order valence-corrected chi connectivity index (χ4v) is 2.81. The van der Waals surface area contributed by atoms with Gasteiger partial charge < -0.3 is 9.47 Å². The van der Waals surface area contributed by atoms with Crippen LogP contribution in [0, 0.1) is 0 Å². The Hall–Kier alpha value is -2.26. The molecule has 0 saturated carbocycles. The van der Waals surface area contributed by atoms with Gasteiger partial charge in [-0.2, -0.15) is 0 Å². The van der Waals surface area contributed by atoms with Crippen molar-refractivity contribution in [3.8, 4) is 11.5 Å². The molecule has 0 bridgehead atoms. The monoisotopic (exact) mass is 382 g/mol. The Morgan fingerprint density at radius 2 is 1.25 bits per heavy atom. The SMILES string of the molecule is BrCc1ccc(OCc2ccccc2)cc1OCc1ccccc1. The van der Waals surface area contributed by atoms with E-state index in [1.54, 1.807) is 0 Å². The van der Waals surface area contributed by atoms with Crippen molar-refractivity contribution in [3.63, 3.8) is 0 Å². The van der Waals surface area contributed by atoms with Crippen molar-refractivity contribution in [2.45, 2.75) is 18.5 Å². The topological polar surface area (TPSA) is 18.5 Å². The number of halogens is 1. The van der Waals surface area contributed by atoms with Crippen LogP contribution in [0.15, 0.2) is 78.9 Å². The summed E-state index contributed by atoms with van der Waals surface area (Å²) >= 11 is 3.51. The summed E-state index contributed by atoms with van der Waals surface area (Å²) in [5, 5.41) is 0.746. The van der Waals surface area contributed by atoms with Gasteiger partial charge in [0.2, 0.25) is 0 Å². The number of hydrogen-bond acceptors (Lipinski definition) is 2. The molecule has 0 unspecified atom stereocenters. The lowest BCUT2D eigenvalue weighted by atomic mass is 10.2. The Morgan fingerprint density at radius 1 is 0.667 bits per heavy atom. The molecule has 0 aliphatic heterocycles. The van der Waals surface area contributed by atoms with Gasteiger partial charge in [0, 0.05) is 17.0 Å². The average Bonchev–Trinajstić information content (AvgIpc) is 2.66. The molecule has 0 radical (unpaired) electrons. The molecule has 24 heavy (non-hydrogen) atoms. The van der Waals surface area contributed by atoms with Crippen molar-refractivity contribution in [2.75, 3.05) is 0 Å². The van der Waals surface area contributed by atoms with Crippen molar-refractivity contribution in [2.24, 2.45) is 0 Å². The van der Waals surface area contributed by atoms with E-state index in [-0.39, 0.29) is 0 Å². The molecule has 3 aromatic carbocycles. The number of benzene rings is 3. The molecule has 0 aromatic heterocycles. The highest BCUT2D eigenvalue weighted by molar-refractivity contribution is 9.08. The molecule has 0 N–H and O–H groups in total. The predicted octanol–water partition coefficient (Wildman–Crippen LogP) is 5.74. The van der Waals surface area contributed by atoms with E-state index in [0.717, 1.165) is 33.5 Å². The molecule has 0 amide bonds. The molecule has 0 aliphatic rings. The van der Waals surface area contributed by atoms with Gasteiger partial charge >= 0.3 is 0 Å². The summed E-state index contributed by atoms with van der Waals surface area (Å²) in [7, 11) is 0. The molecule has 0 fully saturated rings. The quantitative estimate of drug-likeness (QED) is 0.485. The van der Waals surface area contributed by atoms with Crippen molar-refractivity contribution >= 4 is 15.9 Å². The van der Waals surface area contributed by atoms with Crippen molar-refractivity contribution in [1.29, 1.82) is 0 Å². The fraction of sp³-hybridized carbons (Fsp3) is 0.143. The first kappa shape index (κ1) is 16.6. The van der Waals surface area contributed by atoms with E-state index < -0.39 is 0 Å². The number of alkyl halides is 1. The van der Waals surface area contributed by atoms with Crippen LogP contribution >= 0.6 is 15.9 Å². The molecule has 0 heterocycles. The summed E-state index contributed by atoms with van der Waals surface area (Å²) in [6, 6.07) is 26.3. The lowest BCUT2D eigenvalue weighted by Crippen LogP contribution is -2.00. The van der Waals surface area contributed by atoms with Gasteiger partial charge in [0.25, 0.3) is 0 Å². The number of rotatable bonds is 7. The highest BCUT2D eigenvalue weighted by atomic mass is 79.9. The molecule has 0 atom stereocenters. The molecular weight excluding hydrogens is 364 g/mol. The summed E-state index contributed by atoms with van der Waals surface area (Å²) in [6.07, 6.45) is 0. The summed E-state index contributed by atoms with van der Waals surface area (Å²) in [6.45, 7) is 1.09. The van der Waals surface area contributed by atoms with E-state index in [9.17, 15) is 0 Å². The minimum absolute atomic E-state index is 0.545. The van der Waals surface area contributed by atoms with Crippen LogP contribution in [0.1, 0.15) is 16.7 Å². The maximum Gasteiger partial charge on any atom is 0.127 e. The molecule has 3 rings (SSSR count).